The van der Waals surface area contributed by atoms with Crippen LogP contribution in [0.3, 0.4) is 0 Å². The number of hydrogen-bond donors (Lipinski definition) is 1. The number of ether oxygens (including phenoxy) is 1. The van der Waals surface area contributed by atoms with Gasteiger partial charge in [0.15, 0.2) is 0 Å². The van der Waals surface area contributed by atoms with E-state index >= 15 is 0 Å². The predicted molar refractivity (Wildman–Crippen MR) is 72.4 cm³/mol. The van der Waals surface area contributed by atoms with E-state index in [4.69, 9.17) is 15.7 Å². The minimum absolute atomic E-state index is 0.123. The average molecular weight is 271 g/mol. The quantitative estimate of drug-likeness (QED) is 0.927. The molecule has 20 heavy (non-hydrogen) atoms. The summed E-state index contributed by atoms with van der Waals surface area (Å²) in [4.78, 5) is 4.02. The molecule has 0 fully saturated rings. The molecule has 0 spiro atoms. The summed E-state index contributed by atoms with van der Waals surface area (Å²) in [6, 6.07) is 9.32. The van der Waals surface area contributed by atoms with Crippen molar-refractivity contribution in [2.75, 3.05) is 0 Å². The number of hydrogen-bond acceptors (Lipinski definition) is 4. The van der Waals surface area contributed by atoms with Gasteiger partial charge in [0.05, 0.1) is 0 Å². The van der Waals surface area contributed by atoms with Crippen molar-refractivity contribution in [1.29, 1.82) is 5.26 Å². The lowest BCUT2D eigenvalue weighted by Gasteiger charge is -2.23. The molecule has 4 nitrogen and oxygen atoms in total. The lowest BCUT2D eigenvalue weighted by Crippen LogP contribution is -2.29. The maximum atomic E-state index is 13.6. The highest BCUT2D eigenvalue weighted by molar-refractivity contribution is 5.44. The molecule has 0 aliphatic carbocycles. The number of nitrogens with two attached hydrogens (primary N) is 1. The van der Waals surface area contributed by atoms with Crippen molar-refractivity contribution in [1.82, 2.24) is 4.98 Å². The Kier molecular flexibility index (Phi) is 4.28. The third-order valence-corrected chi connectivity index (χ3v) is 2.83. The monoisotopic (exact) mass is 271 g/mol. The van der Waals surface area contributed by atoms with Crippen LogP contribution >= 0.6 is 0 Å². The molecule has 0 aliphatic rings. The summed E-state index contributed by atoms with van der Waals surface area (Å²) < 4.78 is 19.3. The fraction of sp³-hybridized carbons (Fsp3) is 0.200. The molecule has 0 radical (unpaired) electrons. The van der Waals surface area contributed by atoms with E-state index < -0.39 is 11.9 Å². The molecular weight excluding hydrogens is 257 g/mol. The Morgan fingerprint density at radius 2 is 2.15 bits per heavy atom. The fourth-order valence-corrected chi connectivity index (χ4v) is 1.87. The zero-order valence-electron chi connectivity index (χ0n) is 11.0. The molecule has 0 bridgehead atoms. The first-order valence-electron chi connectivity index (χ1n) is 6.14. The van der Waals surface area contributed by atoms with Crippen molar-refractivity contribution in [3.05, 3.63) is 59.7 Å². The first-order chi connectivity index (χ1) is 9.63. The van der Waals surface area contributed by atoms with E-state index in [2.05, 4.69) is 4.98 Å². The van der Waals surface area contributed by atoms with Crippen molar-refractivity contribution < 1.29 is 9.13 Å². The predicted octanol–water partition coefficient (Wildman–Crippen LogP) is 2.56. The molecule has 2 N–H and O–H groups in total. The summed E-state index contributed by atoms with van der Waals surface area (Å²) in [6.45, 7) is 1.78. The van der Waals surface area contributed by atoms with Crippen molar-refractivity contribution in [2.45, 2.75) is 19.1 Å². The van der Waals surface area contributed by atoms with Gasteiger partial charge in [0.1, 0.15) is 29.3 Å². The van der Waals surface area contributed by atoms with Crippen LogP contribution in [0.4, 0.5) is 4.39 Å². The van der Waals surface area contributed by atoms with Crippen LogP contribution in [0.1, 0.15) is 24.2 Å². The van der Waals surface area contributed by atoms with Gasteiger partial charge in [-0.25, -0.2) is 4.39 Å². The summed E-state index contributed by atoms with van der Waals surface area (Å²) in [5.41, 5.74) is 6.57. The third kappa shape index (κ3) is 2.92. The lowest BCUT2D eigenvalue weighted by atomic mass is 10.1. The van der Waals surface area contributed by atoms with Crippen LogP contribution in [0.15, 0.2) is 42.7 Å². The van der Waals surface area contributed by atoms with E-state index in [0.29, 0.717) is 0 Å². The summed E-state index contributed by atoms with van der Waals surface area (Å²) in [6.07, 6.45) is 2.78. The molecule has 2 aromatic rings. The van der Waals surface area contributed by atoms with Crippen LogP contribution in [-0.2, 0) is 0 Å². The van der Waals surface area contributed by atoms with Gasteiger partial charge in [-0.2, -0.15) is 5.26 Å². The number of rotatable bonds is 4. The molecule has 1 aromatic carbocycles. The van der Waals surface area contributed by atoms with Crippen molar-refractivity contribution in [2.24, 2.45) is 5.73 Å². The second-order valence-corrected chi connectivity index (χ2v) is 4.41. The molecule has 0 saturated heterocycles. The average Bonchev–Trinajstić information content (AvgIpc) is 2.45. The standard InChI is InChI=1S/C15H14FN3O/c1-10(18)15(11-4-3-7-19-9-11)20-14-6-2-5-13(16)12(14)8-17/h2-7,9-10,15H,18H2,1H3. The molecule has 0 saturated carbocycles. The highest BCUT2D eigenvalue weighted by atomic mass is 19.1. The molecule has 5 heteroatoms. The maximum absolute atomic E-state index is 13.6. The van der Waals surface area contributed by atoms with E-state index in [-0.39, 0.29) is 17.4 Å². The molecule has 1 heterocycles. The van der Waals surface area contributed by atoms with Gasteiger partial charge in [-0.3, -0.25) is 4.98 Å². The largest absolute Gasteiger partial charge is 0.483 e. The number of benzene rings is 1. The van der Waals surface area contributed by atoms with E-state index in [1.54, 1.807) is 37.5 Å². The van der Waals surface area contributed by atoms with Crippen molar-refractivity contribution in [3.8, 4) is 11.8 Å². The Morgan fingerprint density at radius 1 is 1.35 bits per heavy atom. The number of nitriles is 1. The number of halogens is 1. The van der Waals surface area contributed by atoms with Crippen LogP contribution in [0.5, 0.6) is 5.75 Å². The van der Waals surface area contributed by atoms with Gasteiger partial charge in [-0.05, 0) is 25.1 Å². The highest BCUT2D eigenvalue weighted by Gasteiger charge is 2.20. The molecule has 0 amide bonds. The minimum atomic E-state index is -0.611. The van der Waals surface area contributed by atoms with Crippen LogP contribution < -0.4 is 10.5 Å². The van der Waals surface area contributed by atoms with Crippen molar-refractivity contribution >= 4 is 0 Å². The molecule has 102 valence electrons. The molecule has 2 atom stereocenters. The lowest BCUT2D eigenvalue weighted by molar-refractivity contribution is 0.179. The van der Waals surface area contributed by atoms with E-state index in [1.807, 2.05) is 6.07 Å². The van der Waals surface area contributed by atoms with Crippen LogP contribution in [0.25, 0.3) is 0 Å². The SMILES string of the molecule is CC(N)C(Oc1cccc(F)c1C#N)c1cccnc1. The van der Waals surface area contributed by atoms with E-state index in [1.165, 1.54) is 12.1 Å². The molecule has 0 aliphatic heterocycles. The summed E-state index contributed by atoms with van der Waals surface area (Å²) >= 11 is 0. The Balaban J connectivity index is 2.36. The van der Waals surface area contributed by atoms with Crippen molar-refractivity contribution in [3.63, 3.8) is 0 Å². The number of pyridine rings is 1. The van der Waals surface area contributed by atoms with Crippen LogP contribution in [-0.4, -0.2) is 11.0 Å². The Hall–Kier alpha value is -2.45. The van der Waals surface area contributed by atoms with Gasteiger partial charge < -0.3 is 10.5 Å². The van der Waals surface area contributed by atoms with Gasteiger partial charge in [0, 0.05) is 24.0 Å². The zero-order valence-corrected chi connectivity index (χ0v) is 11.0. The summed E-state index contributed by atoms with van der Waals surface area (Å²) in [5, 5.41) is 9.01. The van der Waals surface area contributed by atoms with E-state index in [9.17, 15) is 4.39 Å². The van der Waals surface area contributed by atoms with E-state index in [0.717, 1.165) is 5.56 Å². The van der Waals surface area contributed by atoms with Gasteiger partial charge in [-0.1, -0.05) is 12.1 Å². The summed E-state index contributed by atoms with van der Waals surface area (Å²) in [7, 11) is 0. The molecular formula is C15H14FN3O. The van der Waals surface area contributed by atoms with Gasteiger partial charge in [0.25, 0.3) is 0 Å². The number of aromatic nitrogens is 1. The minimum Gasteiger partial charge on any atom is -0.483 e. The maximum Gasteiger partial charge on any atom is 0.144 e. The first kappa shape index (κ1) is 14.0. The zero-order chi connectivity index (χ0) is 14.5. The van der Waals surface area contributed by atoms with Gasteiger partial charge in [0.2, 0.25) is 0 Å². The molecule has 2 rings (SSSR count). The van der Waals surface area contributed by atoms with Gasteiger partial charge >= 0.3 is 0 Å². The topological polar surface area (TPSA) is 71.9 Å². The van der Waals surface area contributed by atoms with Gasteiger partial charge in [-0.15, -0.1) is 0 Å². The second-order valence-electron chi connectivity index (χ2n) is 4.41. The fourth-order valence-electron chi connectivity index (χ4n) is 1.87. The highest BCUT2D eigenvalue weighted by Crippen LogP contribution is 2.27. The van der Waals surface area contributed by atoms with Crippen LogP contribution in [0, 0.1) is 17.1 Å². The normalized spacial score (nSPS) is 13.3. The third-order valence-electron chi connectivity index (χ3n) is 2.83. The number of nitrogens with zero attached hydrogens (tertiary/aromatic N) is 2. The Labute approximate surface area is 116 Å². The Morgan fingerprint density at radius 3 is 2.75 bits per heavy atom. The summed E-state index contributed by atoms with van der Waals surface area (Å²) in [5.74, 6) is -0.432. The second kappa shape index (κ2) is 6.13. The first-order valence-corrected chi connectivity index (χ1v) is 6.14. The molecule has 2 unspecified atom stereocenters. The molecule has 1 aromatic heterocycles. The van der Waals surface area contributed by atoms with Crippen LogP contribution in [0.2, 0.25) is 0 Å². The Bertz CT molecular complexity index is 623. The smallest absolute Gasteiger partial charge is 0.144 e.